The fourth-order valence-corrected chi connectivity index (χ4v) is 1.39. The third-order valence-electron chi connectivity index (χ3n) is 2.10. The van der Waals surface area contributed by atoms with Gasteiger partial charge in [-0.15, -0.1) is 0 Å². The van der Waals surface area contributed by atoms with Crippen molar-refractivity contribution in [2.24, 2.45) is 0 Å². The number of aromatic nitrogens is 2. The Morgan fingerprint density at radius 1 is 1.35 bits per heavy atom. The highest BCUT2D eigenvalue weighted by Gasteiger charge is 2.20. The monoisotopic (exact) mass is 239 g/mol. The Hall–Kier alpha value is -1.85. The molecule has 0 aliphatic carbocycles. The Kier molecular flexibility index (Phi) is 3.88. The normalized spacial score (nSPS) is 10.9. The van der Waals surface area contributed by atoms with E-state index < -0.39 is 5.97 Å². The van der Waals surface area contributed by atoms with E-state index >= 15 is 0 Å². The summed E-state index contributed by atoms with van der Waals surface area (Å²) in [6.45, 7) is 7.28. The van der Waals surface area contributed by atoms with Crippen molar-refractivity contribution in [1.29, 1.82) is 0 Å². The second-order valence-corrected chi connectivity index (χ2v) is 4.39. The molecule has 0 spiro atoms. The zero-order valence-corrected chi connectivity index (χ0v) is 10.4. The van der Waals surface area contributed by atoms with Gasteiger partial charge in [-0.05, 0) is 27.7 Å². The van der Waals surface area contributed by atoms with Crippen LogP contribution in [0.4, 0.5) is 0 Å². The molecular formula is C11H17N3O3. The maximum absolute atomic E-state index is 11.7. The topological polar surface area (TPSA) is 84.2 Å². The van der Waals surface area contributed by atoms with Crippen molar-refractivity contribution in [1.82, 2.24) is 15.1 Å². The molecule has 0 unspecified atom stereocenters. The van der Waals surface area contributed by atoms with Crippen LogP contribution < -0.4 is 5.32 Å². The van der Waals surface area contributed by atoms with E-state index in [2.05, 4.69) is 10.4 Å². The van der Waals surface area contributed by atoms with Gasteiger partial charge in [0.15, 0.2) is 5.69 Å². The van der Waals surface area contributed by atoms with Gasteiger partial charge in [0.2, 0.25) is 0 Å². The van der Waals surface area contributed by atoms with Gasteiger partial charge in [-0.3, -0.25) is 9.48 Å². The lowest BCUT2D eigenvalue weighted by molar-refractivity contribution is 0.0681. The molecule has 0 fully saturated rings. The molecule has 1 amide bonds. The Labute approximate surface area is 99.6 Å². The van der Waals surface area contributed by atoms with E-state index in [4.69, 9.17) is 5.11 Å². The van der Waals surface area contributed by atoms with Gasteiger partial charge in [-0.1, -0.05) is 0 Å². The maximum atomic E-state index is 11.7. The van der Waals surface area contributed by atoms with Crippen LogP contribution >= 0.6 is 0 Å². The molecule has 1 rings (SSSR count). The van der Waals surface area contributed by atoms with E-state index in [-0.39, 0.29) is 29.4 Å². The number of carbonyl (C=O) groups excluding carboxylic acids is 1. The van der Waals surface area contributed by atoms with E-state index in [0.717, 1.165) is 0 Å². The highest BCUT2D eigenvalue weighted by Crippen LogP contribution is 2.11. The summed E-state index contributed by atoms with van der Waals surface area (Å²) in [6.07, 6.45) is 0. The molecular weight excluding hydrogens is 222 g/mol. The molecule has 1 heterocycles. The number of nitrogens with one attached hydrogen (secondary N) is 1. The fourth-order valence-electron chi connectivity index (χ4n) is 1.39. The number of nitrogens with zero attached hydrogens (tertiary/aromatic N) is 2. The molecule has 6 nitrogen and oxygen atoms in total. The van der Waals surface area contributed by atoms with Crippen molar-refractivity contribution in [2.45, 2.75) is 39.8 Å². The van der Waals surface area contributed by atoms with Crippen molar-refractivity contribution in [2.75, 3.05) is 0 Å². The lowest BCUT2D eigenvalue weighted by Crippen LogP contribution is -2.30. The van der Waals surface area contributed by atoms with E-state index in [1.807, 2.05) is 27.7 Å². The van der Waals surface area contributed by atoms with Gasteiger partial charge in [0, 0.05) is 18.2 Å². The first kappa shape index (κ1) is 13.2. The van der Waals surface area contributed by atoms with Crippen LogP contribution in [-0.4, -0.2) is 32.8 Å². The smallest absolute Gasteiger partial charge is 0.354 e. The number of carbonyl (C=O) groups is 2. The van der Waals surface area contributed by atoms with E-state index in [1.165, 1.54) is 10.7 Å². The summed E-state index contributed by atoms with van der Waals surface area (Å²) in [7, 11) is 0. The third-order valence-corrected chi connectivity index (χ3v) is 2.10. The van der Waals surface area contributed by atoms with E-state index in [1.54, 1.807) is 0 Å². The van der Waals surface area contributed by atoms with Crippen LogP contribution in [0.5, 0.6) is 0 Å². The van der Waals surface area contributed by atoms with Gasteiger partial charge in [0.05, 0.1) is 0 Å². The first-order valence-corrected chi connectivity index (χ1v) is 5.46. The molecule has 0 aliphatic heterocycles. The maximum Gasteiger partial charge on any atom is 0.354 e. The van der Waals surface area contributed by atoms with Gasteiger partial charge in [-0.2, -0.15) is 5.10 Å². The first-order valence-electron chi connectivity index (χ1n) is 5.46. The van der Waals surface area contributed by atoms with E-state index in [0.29, 0.717) is 0 Å². The number of carboxylic acids is 1. The molecule has 94 valence electrons. The Balaban J connectivity index is 3.08. The molecule has 1 aromatic rings. The summed E-state index contributed by atoms with van der Waals surface area (Å²) in [5.41, 5.74) is 0.152. The second kappa shape index (κ2) is 4.99. The first-order chi connectivity index (χ1) is 7.82. The molecule has 2 N–H and O–H groups in total. The van der Waals surface area contributed by atoms with Crippen LogP contribution in [0.2, 0.25) is 0 Å². The average Bonchev–Trinajstić information content (AvgIpc) is 2.60. The largest absolute Gasteiger partial charge is 0.477 e. The van der Waals surface area contributed by atoms with Crippen LogP contribution in [0.15, 0.2) is 6.07 Å². The minimum absolute atomic E-state index is 0.0139. The van der Waals surface area contributed by atoms with Crippen LogP contribution in [0, 0.1) is 0 Å². The number of hydrogen-bond acceptors (Lipinski definition) is 3. The van der Waals surface area contributed by atoms with E-state index in [9.17, 15) is 9.59 Å². The van der Waals surface area contributed by atoms with Gasteiger partial charge >= 0.3 is 5.97 Å². The summed E-state index contributed by atoms with van der Waals surface area (Å²) in [6, 6.07) is 1.17. The number of hydrogen-bond donors (Lipinski definition) is 2. The number of carboxylic acid groups (broad SMARTS) is 1. The molecule has 0 radical (unpaired) electrons. The van der Waals surface area contributed by atoms with Crippen LogP contribution in [0.25, 0.3) is 0 Å². The molecule has 0 saturated carbocycles. The average molecular weight is 239 g/mol. The summed E-state index contributed by atoms with van der Waals surface area (Å²) in [5, 5.41) is 15.7. The van der Waals surface area contributed by atoms with Gasteiger partial charge in [0.25, 0.3) is 5.91 Å². The van der Waals surface area contributed by atoms with Crippen LogP contribution in [0.1, 0.15) is 54.7 Å². The van der Waals surface area contributed by atoms with Gasteiger partial charge in [-0.25, -0.2) is 4.79 Å². The minimum Gasteiger partial charge on any atom is -0.477 e. The summed E-state index contributed by atoms with van der Waals surface area (Å²) < 4.78 is 1.33. The Morgan fingerprint density at radius 2 is 1.94 bits per heavy atom. The van der Waals surface area contributed by atoms with Crippen LogP contribution in [-0.2, 0) is 0 Å². The predicted octanol–water partition coefficient (Wildman–Crippen LogP) is 1.30. The van der Waals surface area contributed by atoms with Gasteiger partial charge in [0.1, 0.15) is 5.69 Å². The third kappa shape index (κ3) is 3.05. The molecule has 0 bridgehead atoms. The van der Waals surface area contributed by atoms with Crippen LogP contribution in [0.3, 0.4) is 0 Å². The molecule has 0 aliphatic rings. The number of aromatic carboxylic acids is 1. The number of amides is 1. The second-order valence-electron chi connectivity index (χ2n) is 4.39. The quantitative estimate of drug-likeness (QED) is 0.829. The minimum atomic E-state index is -1.09. The van der Waals surface area contributed by atoms with Gasteiger partial charge < -0.3 is 10.4 Å². The lowest BCUT2D eigenvalue weighted by atomic mass is 10.3. The standard InChI is InChI=1S/C11H17N3O3/c1-6(2)12-10(15)8-5-9(11(16)17)14(13-8)7(3)4/h5-7H,1-4H3,(H,12,15)(H,16,17). The predicted molar refractivity (Wildman–Crippen MR) is 62.2 cm³/mol. The molecule has 6 heteroatoms. The van der Waals surface area contributed by atoms with Crippen molar-refractivity contribution >= 4 is 11.9 Å². The highest BCUT2D eigenvalue weighted by atomic mass is 16.4. The lowest BCUT2D eigenvalue weighted by Gasteiger charge is -2.07. The van der Waals surface area contributed by atoms with Crippen molar-refractivity contribution < 1.29 is 14.7 Å². The highest BCUT2D eigenvalue weighted by molar-refractivity contribution is 5.95. The SMILES string of the molecule is CC(C)NC(=O)c1cc(C(=O)O)n(C(C)C)n1. The van der Waals surface area contributed by atoms with Crippen molar-refractivity contribution in [3.63, 3.8) is 0 Å². The number of rotatable bonds is 4. The van der Waals surface area contributed by atoms with Crippen molar-refractivity contribution in [3.8, 4) is 0 Å². The zero-order chi connectivity index (χ0) is 13.2. The molecule has 0 aromatic carbocycles. The molecule has 0 atom stereocenters. The van der Waals surface area contributed by atoms with Crippen molar-refractivity contribution in [3.05, 3.63) is 17.5 Å². The molecule has 17 heavy (non-hydrogen) atoms. The Bertz CT molecular complexity index is 435. The molecule has 1 aromatic heterocycles. The summed E-state index contributed by atoms with van der Waals surface area (Å²) >= 11 is 0. The zero-order valence-electron chi connectivity index (χ0n) is 10.4. The summed E-state index contributed by atoms with van der Waals surface area (Å²) in [5.74, 6) is -1.45. The molecule has 0 saturated heterocycles. The summed E-state index contributed by atoms with van der Waals surface area (Å²) in [4.78, 5) is 22.7. The Morgan fingerprint density at radius 3 is 2.29 bits per heavy atom. The fraction of sp³-hybridized carbons (Fsp3) is 0.545.